The normalized spacial score (nSPS) is 19.8. The second kappa shape index (κ2) is 7.95. The molecule has 9 heteroatoms. The Balaban J connectivity index is 1.55. The van der Waals surface area contributed by atoms with Crippen molar-refractivity contribution >= 4 is 17.5 Å². The fraction of sp³-hybridized carbons (Fsp3) is 0.368. The molecule has 1 aliphatic rings. The maximum Gasteiger partial charge on any atom is 0.422 e. The molecule has 3 rings (SSSR count). The van der Waals surface area contributed by atoms with Gasteiger partial charge in [-0.2, -0.15) is 13.2 Å². The van der Waals surface area contributed by atoms with Crippen molar-refractivity contribution in [1.82, 2.24) is 10.3 Å². The molecular weight excluding hydrogens is 400 g/mol. The molecule has 0 spiro atoms. The molecular formula is C19H17ClF4N2O2. The average Bonchev–Trinajstić information content (AvgIpc) is 3.40. The van der Waals surface area contributed by atoms with Crippen molar-refractivity contribution in [2.75, 3.05) is 6.61 Å². The summed E-state index contributed by atoms with van der Waals surface area (Å²) in [6, 6.07) is 6.55. The van der Waals surface area contributed by atoms with Gasteiger partial charge in [-0.25, -0.2) is 4.39 Å². The highest BCUT2D eigenvalue weighted by Crippen LogP contribution is 2.50. The molecule has 0 aliphatic heterocycles. The van der Waals surface area contributed by atoms with E-state index in [0.29, 0.717) is 17.1 Å². The van der Waals surface area contributed by atoms with Gasteiger partial charge < -0.3 is 10.1 Å². The molecule has 1 aliphatic carbocycles. The van der Waals surface area contributed by atoms with Crippen LogP contribution in [0.15, 0.2) is 36.5 Å². The predicted molar refractivity (Wildman–Crippen MR) is 94.6 cm³/mol. The second-order valence-electron chi connectivity index (χ2n) is 6.67. The Morgan fingerprint density at radius 2 is 2.11 bits per heavy atom. The Morgan fingerprint density at radius 3 is 2.71 bits per heavy atom. The summed E-state index contributed by atoms with van der Waals surface area (Å²) in [5, 5.41) is 3.12. The molecule has 0 bridgehead atoms. The van der Waals surface area contributed by atoms with Crippen molar-refractivity contribution in [2.45, 2.75) is 31.5 Å². The van der Waals surface area contributed by atoms with Crippen molar-refractivity contribution in [3.63, 3.8) is 0 Å². The summed E-state index contributed by atoms with van der Waals surface area (Å²) >= 11 is 6.04. The highest BCUT2D eigenvalue weighted by atomic mass is 35.5. The van der Waals surface area contributed by atoms with E-state index in [1.165, 1.54) is 30.5 Å². The molecule has 0 saturated heterocycles. The van der Waals surface area contributed by atoms with E-state index in [9.17, 15) is 22.4 Å². The molecule has 1 fully saturated rings. The lowest BCUT2D eigenvalue weighted by Crippen LogP contribution is -2.29. The number of amides is 1. The average molecular weight is 417 g/mol. The van der Waals surface area contributed by atoms with Gasteiger partial charge in [0.25, 0.3) is 0 Å². The Hall–Kier alpha value is -2.35. The minimum atomic E-state index is -4.42. The first-order valence-corrected chi connectivity index (χ1v) is 8.92. The fourth-order valence-electron chi connectivity index (χ4n) is 2.92. The summed E-state index contributed by atoms with van der Waals surface area (Å²) in [6.45, 7) is 0.327. The van der Waals surface area contributed by atoms with Gasteiger partial charge in [-0.1, -0.05) is 17.7 Å². The number of rotatable bonds is 6. The number of carbonyl (C=O) groups excluding carboxylic acids is 1. The van der Waals surface area contributed by atoms with Crippen LogP contribution in [0.25, 0.3) is 0 Å². The molecule has 0 radical (unpaired) electrons. The van der Waals surface area contributed by atoms with Crippen LogP contribution >= 0.6 is 11.6 Å². The van der Waals surface area contributed by atoms with E-state index in [1.54, 1.807) is 13.0 Å². The molecule has 1 unspecified atom stereocenters. The van der Waals surface area contributed by atoms with Crippen molar-refractivity contribution < 1.29 is 27.1 Å². The molecule has 1 aromatic carbocycles. The zero-order chi connectivity index (χ0) is 20.5. The summed E-state index contributed by atoms with van der Waals surface area (Å²) in [4.78, 5) is 16.5. The summed E-state index contributed by atoms with van der Waals surface area (Å²) in [5.41, 5.74) is 1.23. The van der Waals surface area contributed by atoms with Gasteiger partial charge in [0, 0.05) is 10.9 Å². The maximum absolute atomic E-state index is 13.1. The molecule has 2 aromatic rings. The van der Waals surface area contributed by atoms with Gasteiger partial charge in [-0.3, -0.25) is 9.78 Å². The van der Waals surface area contributed by atoms with Crippen LogP contribution in [0.1, 0.15) is 36.6 Å². The molecule has 1 saturated carbocycles. The van der Waals surface area contributed by atoms with Crippen LogP contribution in [0.5, 0.6) is 5.75 Å². The number of alkyl halides is 3. The van der Waals surface area contributed by atoms with Crippen LogP contribution in [-0.2, 0) is 4.79 Å². The summed E-state index contributed by atoms with van der Waals surface area (Å²) in [5.74, 6) is -0.950. The van der Waals surface area contributed by atoms with E-state index in [0.717, 1.165) is 5.56 Å². The van der Waals surface area contributed by atoms with Crippen LogP contribution < -0.4 is 10.1 Å². The van der Waals surface area contributed by atoms with E-state index in [4.69, 9.17) is 11.6 Å². The molecule has 3 atom stereocenters. The number of hydrogen-bond acceptors (Lipinski definition) is 3. The van der Waals surface area contributed by atoms with Crippen LogP contribution in [-0.4, -0.2) is 23.7 Å². The number of ether oxygens (including phenoxy) is 1. The highest BCUT2D eigenvalue weighted by Gasteiger charge is 2.45. The third-order valence-electron chi connectivity index (χ3n) is 4.45. The number of pyridine rings is 1. The number of halogens is 5. The fourth-order valence-corrected chi connectivity index (χ4v) is 3.23. The van der Waals surface area contributed by atoms with Crippen LogP contribution in [0, 0.1) is 11.7 Å². The number of aromatic nitrogens is 1. The minimum absolute atomic E-state index is 0.00666. The molecule has 1 aromatic heterocycles. The number of nitrogens with zero attached hydrogens (tertiary/aromatic N) is 1. The molecule has 1 N–H and O–H groups in total. The summed E-state index contributed by atoms with van der Waals surface area (Å²) in [6.07, 6.45) is -2.63. The lowest BCUT2D eigenvalue weighted by atomic mass is 10.1. The monoisotopic (exact) mass is 416 g/mol. The van der Waals surface area contributed by atoms with E-state index in [2.05, 4.69) is 15.0 Å². The minimum Gasteiger partial charge on any atom is -0.483 e. The van der Waals surface area contributed by atoms with Gasteiger partial charge in [-0.05, 0) is 49.1 Å². The van der Waals surface area contributed by atoms with Gasteiger partial charge in [0.05, 0.1) is 17.9 Å². The number of benzene rings is 1. The molecule has 1 heterocycles. The number of carbonyl (C=O) groups is 1. The van der Waals surface area contributed by atoms with Crippen LogP contribution in [0.2, 0.25) is 5.02 Å². The van der Waals surface area contributed by atoms with Crippen molar-refractivity contribution in [2.24, 2.45) is 5.92 Å². The predicted octanol–water partition coefficient (Wildman–Crippen LogP) is 4.80. The largest absolute Gasteiger partial charge is 0.483 e. The van der Waals surface area contributed by atoms with Crippen LogP contribution in [0.3, 0.4) is 0 Å². The van der Waals surface area contributed by atoms with E-state index in [-0.39, 0.29) is 23.5 Å². The summed E-state index contributed by atoms with van der Waals surface area (Å²) < 4.78 is 54.2. The van der Waals surface area contributed by atoms with Gasteiger partial charge in [0.15, 0.2) is 6.61 Å². The van der Waals surface area contributed by atoms with Gasteiger partial charge in [0.1, 0.15) is 11.6 Å². The second-order valence-corrected chi connectivity index (χ2v) is 7.07. The topological polar surface area (TPSA) is 51.2 Å². The standard InChI is InChI=1S/C19H17ClF4N2O2/c1-10(17-5-3-12(8-25-17)28-9-19(22,23)24)26-18(27)15-7-14(15)13-4-2-11(21)6-16(13)20/h2-6,8,10,14-15H,7,9H2,1H3,(H,26,27)/t10?,14-,15+/m1/s1. The van der Waals surface area contributed by atoms with Crippen molar-refractivity contribution in [3.8, 4) is 5.75 Å². The Bertz CT molecular complexity index is 858. The molecule has 28 heavy (non-hydrogen) atoms. The SMILES string of the molecule is CC(NC(=O)[C@H]1C[C@@H]1c1ccc(F)cc1Cl)c1ccc(OCC(F)(F)F)cn1. The lowest BCUT2D eigenvalue weighted by Gasteiger charge is -2.14. The lowest BCUT2D eigenvalue weighted by molar-refractivity contribution is -0.153. The zero-order valence-corrected chi connectivity index (χ0v) is 15.5. The first-order chi connectivity index (χ1) is 13.1. The Morgan fingerprint density at radius 1 is 1.36 bits per heavy atom. The van der Waals surface area contributed by atoms with Gasteiger partial charge >= 0.3 is 6.18 Å². The number of hydrogen-bond donors (Lipinski definition) is 1. The third kappa shape index (κ3) is 5.13. The Kier molecular flexibility index (Phi) is 5.79. The number of nitrogens with one attached hydrogen (secondary N) is 1. The van der Waals surface area contributed by atoms with Crippen LogP contribution in [0.4, 0.5) is 17.6 Å². The molecule has 150 valence electrons. The highest BCUT2D eigenvalue weighted by molar-refractivity contribution is 6.31. The quantitative estimate of drug-likeness (QED) is 0.688. The van der Waals surface area contributed by atoms with Gasteiger partial charge in [-0.15, -0.1) is 0 Å². The zero-order valence-electron chi connectivity index (χ0n) is 14.8. The molecule has 4 nitrogen and oxygen atoms in total. The van der Waals surface area contributed by atoms with E-state index >= 15 is 0 Å². The van der Waals surface area contributed by atoms with Crippen molar-refractivity contribution in [1.29, 1.82) is 0 Å². The maximum atomic E-state index is 13.1. The Labute approximate surface area is 163 Å². The molecule has 1 amide bonds. The van der Waals surface area contributed by atoms with E-state index in [1.807, 2.05) is 0 Å². The van der Waals surface area contributed by atoms with Gasteiger partial charge in [0.2, 0.25) is 5.91 Å². The third-order valence-corrected chi connectivity index (χ3v) is 4.78. The summed E-state index contributed by atoms with van der Waals surface area (Å²) in [7, 11) is 0. The smallest absolute Gasteiger partial charge is 0.422 e. The van der Waals surface area contributed by atoms with E-state index < -0.39 is 24.6 Å². The first-order valence-electron chi connectivity index (χ1n) is 8.55. The van der Waals surface area contributed by atoms with Crippen molar-refractivity contribution in [3.05, 3.63) is 58.6 Å². The first kappa shape index (κ1) is 20.4.